The number of hydrogen-bond acceptors (Lipinski definition) is 6. The number of thiophene rings is 1. The Morgan fingerprint density at radius 3 is 2.31 bits per heavy atom. The largest absolute Gasteiger partial charge is 0.480 e. The normalized spacial score (nSPS) is 12.9. The van der Waals surface area contributed by atoms with Crippen LogP contribution in [0.15, 0.2) is 66.0 Å². The van der Waals surface area contributed by atoms with Crippen molar-refractivity contribution < 1.29 is 24.2 Å². The Balaban J connectivity index is 1.22. The summed E-state index contributed by atoms with van der Waals surface area (Å²) in [5.41, 5.74) is 4.42. The van der Waals surface area contributed by atoms with E-state index in [0.717, 1.165) is 27.1 Å². The Morgan fingerprint density at radius 1 is 1.00 bits per heavy atom. The summed E-state index contributed by atoms with van der Waals surface area (Å²) in [6.45, 7) is 0.601. The number of benzene rings is 2. The molecule has 0 fully saturated rings. The molecular weight excluding hydrogens is 484 g/mol. The highest BCUT2D eigenvalue weighted by Crippen LogP contribution is 2.44. The molecule has 0 bridgehead atoms. The molecule has 1 aliphatic rings. The van der Waals surface area contributed by atoms with Crippen molar-refractivity contribution in [3.8, 4) is 11.1 Å². The first-order valence-corrected chi connectivity index (χ1v) is 13.3. The molecule has 1 atom stereocenters. The lowest BCUT2D eigenvalue weighted by Gasteiger charge is -2.17. The molecule has 0 spiro atoms. The van der Waals surface area contributed by atoms with Crippen molar-refractivity contribution in [2.75, 3.05) is 18.1 Å². The number of hydrogen-bond donors (Lipinski definition) is 3. The van der Waals surface area contributed by atoms with E-state index in [-0.39, 0.29) is 30.6 Å². The highest BCUT2D eigenvalue weighted by Gasteiger charge is 2.29. The fourth-order valence-electron chi connectivity index (χ4n) is 4.06. The molecule has 2 amide bonds. The quantitative estimate of drug-likeness (QED) is 0.329. The van der Waals surface area contributed by atoms with Crippen LogP contribution >= 0.6 is 23.1 Å². The number of aliphatic carboxylic acids is 1. The summed E-state index contributed by atoms with van der Waals surface area (Å²) >= 11 is 2.90. The zero-order valence-electron chi connectivity index (χ0n) is 18.9. The molecule has 0 radical (unpaired) electrons. The van der Waals surface area contributed by atoms with Crippen LogP contribution in [0.4, 0.5) is 4.79 Å². The van der Waals surface area contributed by atoms with Crippen LogP contribution in [0.5, 0.6) is 0 Å². The number of carboxylic acids is 1. The zero-order valence-corrected chi connectivity index (χ0v) is 20.6. The van der Waals surface area contributed by atoms with Gasteiger partial charge in [0.05, 0.1) is 12.3 Å². The van der Waals surface area contributed by atoms with E-state index in [0.29, 0.717) is 12.3 Å². The molecule has 1 unspecified atom stereocenters. The number of carbonyl (C=O) groups is 3. The molecular formula is C26H26N2O5S2. The van der Waals surface area contributed by atoms with Gasteiger partial charge in [0.2, 0.25) is 5.91 Å². The van der Waals surface area contributed by atoms with E-state index in [2.05, 4.69) is 22.8 Å². The summed E-state index contributed by atoms with van der Waals surface area (Å²) in [6.07, 6.45) is -0.583. The number of ether oxygens (including phenoxy) is 1. The van der Waals surface area contributed by atoms with Crippen molar-refractivity contribution in [1.82, 2.24) is 10.6 Å². The van der Waals surface area contributed by atoms with Crippen LogP contribution < -0.4 is 10.6 Å². The fraction of sp³-hybridized carbons (Fsp3) is 0.269. The maximum absolute atomic E-state index is 12.4. The molecule has 1 aromatic heterocycles. The summed E-state index contributed by atoms with van der Waals surface area (Å²) in [7, 11) is 0. The first kappa shape index (κ1) is 24.8. The molecule has 3 aromatic rings. The fourth-order valence-corrected chi connectivity index (χ4v) is 5.53. The predicted octanol–water partition coefficient (Wildman–Crippen LogP) is 4.48. The summed E-state index contributed by atoms with van der Waals surface area (Å²) < 4.78 is 5.45. The predicted molar refractivity (Wildman–Crippen MR) is 138 cm³/mol. The highest BCUT2D eigenvalue weighted by atomic mass is 32.2. The molecule has 4 rings (SSSR count). The second kappa shape index (κ2) is 11.9. The lowest BCUT2D eigenvalue weighted by atomic mass is 9.98. The third kappa shape index (κ3) is 6.43. The highest BCUT2D eigenvalue weighted by molar-refractivity contribution is 7.99. The van der Waals surface area contributed by atoms with E-state index in [1.54, 1.807) is 11.3 Å². The molecule has 0 saturated heterocycles. The van der Waals surface area contributed by atoms with Crippen LogP contribution in [0.1, 0.15) is 28.3 Å². The van der Waals surface area contributed by atoms with Crippen molar-refractivity contribution in [1.29, 1.82) is 0 Å². The first-order chi connectivity index (χ1) is 17.0. The van der Waals surface area contributed by atoms with Gasteiger partial charge in [-0.2, -0.15) is 11.8 Å². The Hall–Kier alpha value is -3.30. The van der Waals surface area contributed by atoms with Crippen LogP contribution in [0.25, 0.3) is 11.1 Å². The summed E-state index contributed by atoms with van der Waals surface area (Å²) in [5, 5.41) is 16.7. The summed E-state index contributed by atoms with van der Waals surface area (Å²) in [5.74, 6) is -0.712. The van der Waals surface area contributed by atoms with Gasteiger partial charge >= 0.3 is 12.1 Å². The molecule has 35 heavy (non-hydrogen) atoms. The lowest BCUT2D eigenvalue weighted by Crippen LogP contribution is -2.41. The van der Waals surface area contributed by atoms with Crippen LogP contribution in [-0.4, -0.2) is 47.2 Å². The minimum Gasteiger partial charge on any atom is -0.480 e. The molecule has 182 valence electrons. The Bertz CT molecular complexity index is 1140. The average Bonchev–Trinajstić information content (AvgIpc) is 3.49. The van der Waals surface area contributed by atoms with Gasteiger partial charge in [-0.25, -0.2) is 9.59 Å². The number of amides is 2. The van der Waals surface area contributed by atoms with Gasteiger partial charge in [0.15, 0.2) is 0 Å². The van der Waals surface area contributed by atoms with Crippen molar-refractivity contribution in [2.24, 2.45) is 0 Å². The molecule has 7 nitrogen and oxygen atoms in total. The van der Waals surface area contributed by atoms with Crippen molar-refractivity contribution in [3.63, 3.8) is 0 Å². The monoisotopic (exact) mass is 510 g/mol. The second-order valence-electron chi connectivity index (χ2n) is 8.06. The number of carboxylic acid groups (broad SMARTS) is 1. The van der Waals surface area contributed by atoms with E-state index >= 15 is 0 Å². The Kier molecular flexibility index (Phi) is 8.44. The minimum absolute atomic E-state index is 0.0975. The van der Waals surface area contributed by atoms with Gasteiger partial charge in [-0.1, -0.05) is 54.6 Å². The van der Waals surface area contributed by atoms with Crippen molar-refractivity contribution in [2.45, 2.75) is 24.9 Å². The van der Waals surface area contributed by atoms with Crippen molar-refractivity contribution >= 4 is 41.1 Å². The maximum Gasteiger partial charge on any atom is 0.407 e. The van der Waals surface area contributed by atoms with E-state index in [1.165, 1.54) is 11.8 Å². The zero-order chi connectivity index (χ0) is 24.6. The summed E-state index contributed by atoms with van der Waals surface area (Å²) in [6, 6.07) is 18.8. The number of rotatable bonds is 11. The third-order valence-electron chi connectivity index (χ3n) is 5.76. The number of alkyl carbamates (subject to hydrolysis) is 1. The first-order valence-electron chi connectivity index (χ1n) is 11.2. The molecule has 0 aliphatic heterocycles. The van der Waals surface area contributed by atoms with E-state index < -0.39 is 18.1 Å². The third-order valence-corrected chi connectivity index (χ3v) is 7.62. The Morgan fingerprint density at radius 2 is 1.69 bits per heavy atom. The molecule has 1 aliphatic carbocycles. The van der Waals surface area contributed by atoms with E-state index in [9.17, 15) is 19.5 Å². The lowest BCUT2D eigenvalue weighted by molar-refractivity contribution is -0.139. The standard InChI is InChI=1S/C26H26N2O5S2/c29-24(27-14-17-6-5-12-35-17)16-34-13-11-23(25(30)31)28-26(32)33-15-22-20-9-3-1-7-18(20)19-8-2-4-10-21(19)22/h1-10,12,22-23H,11,13-16H2,(H,27,29)(H,28,32)(H,30,31). The molecule has 0 saturated carbocycles. The molecule has 1 heterocycles. The van der Waals surface area contributed by atoms with Gasteiger partial charge < -0.3 is 20.5 Å². The van der Waals surface area contributed by atoms with Gasteiger partial charge in [-0.3, -0.25) is 4.79 Å². The van der Waals surface area contributed by atoms with Gasteiger partial charge in [0, 0.05) is 10.8 Å². The number of nitrogens with one attached hydrogen (secondary N) is 2. The van der Waals surface area contributed by atoms with Crippen LogP contribution in [-0.2, 0) is 20.9 Å². The van der Waals surface area contributed by atoms with E-state index in [1.807, 2.05) is 53.9 Å². The topological polar surface area (TPSA) is 105 Å². The molecule has 3 N–H and O–H groups in total. The number of fused-ring (bicyclic) bond motifs is 3. The van der Waals surface area contributed by atoms with Crippen LogP contribution in [0, 0.1) is 0 Å². The molecule has 9 heteroatoms. The van der Waals surface area contributed by atoms with Crippen LogP contribution in [0.2, 0.25) is 0 Å². The van der Waals surface area contributed by atoms with Gasteiger partial charge in [-0.05, 0) is 45.9 Å². The summed E-state index contributed by atoms with van der Waals surface area (Å²) in [4.78, 5) is 37.1. The average molecular weight is 511 g/mol. The number of thioether (sulfide) groups is 1. The minimum atomic E-state index is -1.14. The molecule has 2 aromatic carbocycles. The van der Waals surface area contributed by atoms with E-state index in [4.69, 9.17) is 4.74 Å². The van der Waals surface area contributed by atoms with Gasteiger partial charge in [0.25, 0.3) is 0 Å². The second-order valence-corrected chi connectivity index (χ2v) is 10.2. The van der Waals surface area contributed by atoms with Crippen molar-refractivity contribution in [3.05, 3.63) is 82.0 Å². The smallest absolute Gasteiger partial charge is 0.407 e. The van der Waals surface area contributed by atoms with Crippen LogP contribution in [0.3, 0.4) is 0 Å². The number of carbonyl (C=O) groups excluding carboxylic acids is 2. The SMILES string of the molecule is O=C(CSCCC(NC(=O)OCC1c2ccccc2-c2ccccc21)C(=O)O)NCc1cccs1. The Labute approximate surface area is 211 Å². The maximum atomic E-state index is 12.4. The van der Waals surface area contributed by atoms with Gasteiger partial charge in [-0.15, -0.1) is 11.3 Å². The van der Waals surface area contributed by atoms with Gasteiger partial charge in [0.1, 0.15) is 12.6 Å².